The van der Waals surface area contributed by atoms with E-state index in [0.29, 0.717) is 72.9 Å². The third-order valence-corrected chi connectivity index (χ3v) is 5.24. The molecule has 3 aromatic rings. The number of thiazole rings is 1. The number of hydrogen-bond donors (Lipinski definition) is 1. The SMILES string of the molecule is OCCOCCOCCOCCOc1ccc(-c2nc3cc(C(F)(F)F)ccc3s2)cn1. The van der Waals surface area contributed by atoms with Gasteiger partial charge in [0.1, 0.15) is 11.6 Å². The number of pyridine rings is 1. The van der Waals surface area contributed by atoms with E-state index in [4.69, 9.17) is 24.1 Å². The Balaban J connectivity index is 1.40. The number of alkyl halides is 3. The highest BCUT2D eigenvalue weighted by molar-refractivity contribution is 7.21. The van der Waals surface area contributed by atoms with Crippen LogP contribution in [0.4, 0.5) is 13.2 Å². The Hall–Kier alpha value is -2.31. The van der Waals surface area contributed by atoms with Gasteiger partial charge in [-0.2, -0.15) is 13.2 Å². The highest BCUT2D eigenvalue weighted by atomic mass is 32.1. The number of fused-ring (bicyclic) bond motifs is 1. The molecule has 3 rings (SSSR count). The number of halogens is 3. The van der Waals surface area contributed by atoms with Gasteiger partial charge in [-0.25, -0.2) is 9.97 Å². The van der Waals surface area contributed by atoms with Gasteiger partial charge in [-0.15, -0.1) is 11.3 Å². The lowest BCUT2D eigenvalue weighted by Gasteiger charge is -2.07. The highest BCUT2D eigenvalue weighted by Gasteiger charge is 2.30. The van der Waals surface area contributed by atoms with Gasteiger partial charge in [-0.3, -0.25) is 0 Å². The van der Waals surface area contributed by atoms with E-state index in [-0.39, 0.29) is 6.61 Å². The van der Waals surface area contributed by atoms with Gasteiger partial charge in [-0.05, 0) is 24.3 Å². The van der Waals surface area contributed by atoms with E-state index in [1.165, 1.54) is 17.4 Å². The molecule has 0 saturated carbocycles. The van der Waals surface area contributed by atoms with Gasteiger partial charge in [0.15, 0.2) is 0 Å². The van der Waals surface area contributed by atoms with Crippen molar-refractivity contribution >= 4 is 21.6 Å². The Kier molecular flexibility index (Phi) is 9.18. The van der Waals surface area contributed by atoms with E-state index in [9.17, 15) is 13.2 Å². The maximum atomic E-state index is 12.9. The van der Waals surface area contributed by atoms with Crippen LogP contribution in [0.25, 0.3) is 20.8 Å². The molecule has 1 aromatic carbocycles. The van der Waals surface area contributed by atoms with Crippen molar-refractivity contribution in [2.75, 3.05) is 52.9 Å². The average molecular weight is 472 g/mol. The van der Waals surface area contributed by atoms with E-state index in [0.717, 1.165) is 12.1 Å². The molecule has 2 heterocycles. The van der Waals surface area contributed by atoms with E-state index >= 15 is 0 Å². The van der Waals surface area contributed by atoms with Gasteiger partial charge >= 0.3 is 6.18 Å². The Labute approximate surface area is 186 Å². The van der Waals surface area contributed by atoms with E-state index in [1.54, 1.807) is 18.3 Å². The molecular weight excluding hydrogens is 449 g/mol. The van der Waals surface area contributed by atoms with Gasteiger partial charge < -0.3 is 24.1 Å². The van der Waals surface area contributed by atoms with E-state index in [1.807, 2.05) is 0 Å². The summed E-state index contributed by atoms with van der Waals surface area (Å²) in [4.78, 5) is 8.52. The number of nitrogens with zero attached hydrogens (tertiary/aromatic N) is 2. The van der Waals surface area contributed by atoms with E-state index in [2.05, 4.69) is 9.97 Å². The van der Waals surface area contributed by atoms with Crippen molar-refractivity contribution in [3.8, 4) is 16.5 Å². The number of aromatic nitrogens is 2. The first-order chi connectivity index (χ1) is 15.5. The minimum atomic E-state index is -4.40. The summed E-state index contributed by atoms with van der Waals surface area (Å²) < 4.78 is 60.6. The van der Waals surface area contributed by atoms with Crippen LogP contribution in [0.1, 0.15) is 5.56 Å². The number of hydrogen-bond acceptors (Lipinski definition) is 8. The summed E-state index contributed by atoms with van der Waals surface area (Å²) in [5.41, 5.74) is 0.284. The molecule has 1 N–H and O–H groups in total. The highest BCUT2D eigenvalue weighted by Crippen LogP contribution is 2.35. The van der Waals surface area contributed by atoms with Crippen molar-refractivity contribution in [3.05, 3.63) is 42.1 Å². The maximum Gasteiger partial charge on any atom is 0.416 e. The second-order valence-electron chi connectivity index (χ2n) is 6.49. The van der Waals surface area contributed by atoms with Crippen molar-refractivity contribution in [1.82, 2.24) is 9.97 Å². The molecule has 32 heavy (non-hydrogen) atoms. The Morgan fingerprint density at radius 1 is 0.875 bits per heavy atom. The van der Waals surface area contributed by atoms with Crippen LogP contribution >= 0.6 is 11.3 Å². The molecule has 0 amide bonds. The van der Waals surface area contributed by atoms with Crippen molar-refractivity contribution in [2.24, 2.45) is 0 Å². The summed E-state index contributed by atoms with van der Waals surface area (Å²) in [6, 6.07) is 6.98. The number of aliphatic hydroxyl groups is 1. The average Bonchev–Trinajstić information content (AvgIpc) is 3.21. The van der Waals surface area contributed by atoms with Crippen LogP contribution < -0.4 is 4.74 Å². The minimum Gasteiger partial charge on any atom is -0.475 e. The van der Waals surface area contributed by atoms with Gasteiger partial charge in [0, 0.05) is 17.8 Å². The Morgan fingerprint density at radius 3 is 2.19 bits per heavy atom. The van der Waals surface area contributed by atoms with Gasteiger partial charge in [0.05, 0.1) is 62.0 Å². The summed E-state index contributed by atoms with van der Waals surface area (Å²) in [5.74, 6) is 0.412. The molecule has 0 bridgehead atoms. The summed E-state index contributed by atoms with van der Waals surface area (Å²) >= 11 is 1.30. The molecule has 0 aliphatic carbocycles. The molecule has 0 aliphatic rings. The number of ether oxygens (including phenoxy) is 4. The van der Waals surface area contributed by atoms with Crippen LogP contribution in [-0.4, -0.2) is 67.9 Å². The Morgan fingerprint density at radius 2 is 1.56 bits per heavy atom. The molecule has 7 nitrogen and oxygen atoms in total. The quantitative estimate of drug-likeness (QED) is 0.379. The number of rotatable bonds is 13. The van der Waals surface area contributed by atoms with Crippen LogP contribution in [0.15, 0.2) is 36.5 Å². The van der Waals surface area contributed by atoms with Crippen LogP contribution in [-0.2, 0) is 20.4 Å². The largest absolute Gasteiger partial charge is 0.475 e. The standard InChI is InChI=1S/C21H23F3N2O5S/c22-21(23,24)16-2-3-18-17(13-16)26-20(32-18)15-1-4-19(25-14-15)31-12-11-30-10-9-29-8-7-28-6-5-27/h1-4,13-14,27H,5-12H2. The van der Waals surface area contributed by atoms with Gasteiger partial charge in [0.2, 0.25) is 5.88 Å². The lowest BCUT2D eigenvalue weighted by atomic mass is 10.2. The summed E-state index contributed by atoms with van der Waals surface area (Å²) in [5, 5.41) is 9.15. The molecule has 0 radical (unpaired) electrons. The monoisotopic (exact) mass is 472 g/mol. The molecule has 174 valence electrons. The molecular formula is C21H23F3N2O5S. The van der Waals surface area contributed by atoms with Crippen molar-refractivity contribution in [2.45, 2.75) is 6.18 Å². The fourth-order valence-electron chi connectivity index (χ4n) is 2.63. The second-order valence-corrected chi connectivity index (χ2v) is 7.52. The van der Waals surface area contributed by atoms with Gasteiger partial charge in [-0.1, -0.05) is 0 Å². The molecule has 0 unspecified atom stereocenters. The van der Waals surface area contributed by atoms with E-state index < -0.39 is 11.7 Å². The maximum absolute atomic E-state index is 12.9. The zero-order chi connectivity index (χ0) is 22.8. The first kappa shape index (κ1) is 24.3. The lowest BCUT2D eigenvalue weighted by molar-refractivity contribution is -0.137. The molecule has 11 heteroatoms. The third-order valence-electron chi connectivity index (χ3n) is 4.16. The van der Waals surface area contributed by atoms with Crippen LogP contribution in [0.3, 0.4) is 0 Å². The molecule has 0 atom stereocenters. The van der Waals surface area contributed by atoms with Crippen molar-refractivity contribution < 1.29 is 37.2 Å². The van der Waals surface area contributed by atoms with Gasteiger partial charge in [0.25, 0.3) is 0 Å². The minimum absolute atomic E-state index is 0.00516. The predicted octanol–water partition coefficient (Wildman–Crippen LogP) is 3.80. The van der Waals surface area contributed by atoms with Crippen LogP contribution in [0.5, 0.6) is 5.88 Å². The topological polar surface area (TPSA) is 82.9 Å². The van der Waals surface area contributed by atoms with Crippen LogP contribution in [0, 0.1) is 0 Å². The Bertz CT molecular complexity index is 966. The van der Waals surface area contributed by atoms with Crippen molar-refractivity contribution in [1.29, 1.82) is 0 Å². The fraction of sp³-hybridized carbons (Fsp3) is 0.429. The predicted molar refractivity (Wildman–Crippen MR) is 113 cm³/mol. The zero-order valence-corrected chi connectivity index (χ0v) is 18.0. The molecule has 0 aliphatic heterocycles. The molecule has 0 saturated heterocycles. The number of aliphatic hydroxyl groups excluding tert-OH is 1. The normalized spacial score (nSPS) is 11.9. The fourth-order valence-corrected chi connectivity index (χ4v) is 3.57. The number of benzene rings is 1. The molecule has 2 aromatic heterocycles. The summed E-state index contributed by atoms with van der Waals surface area (Å²) in [6.45, 7) is 2.70. The first-order valence-corrected chi connectivity index (χ1v) is 10.7. The van der Waals surface area contributed by atoms with Crippen molar-refractivity contribution in [3.63, 3.8) is 0 Å². The molecule has 0 spiro atoms. The summed E-state index contributed by atoms with van der Waals surface area (Å²) in [7, 11) is 0. The third kappa shape index (κ3) is 7.38. The second kappa shape index (κ2) is 12.1. The summed E-state index contributed by atoms with van der Waals surface area (Å²) in [6.07, 6.45) is -2.82. The molecule has 0 fully saturated rings. The lowest BCUT2D eigenvalue weighted by Crippen LogP contribution is -2.13. The van der Waals surface area contributed by atoms with Crippen LogP contribution in [0.2, 0.25) is 0 Å². The first-order valence-electron chi connectivity index (χ1n) is 9.88. The zero-order valence-electron chi connectivity index (χ0n) is 17.1. The smallest absolute Gasteiger partial charge is 0.416 e.